The number of rotatable bonds is 8. The van der Waals surface area contributed by atoms with Gasteiger partial charge in [-0.2, -0.15) is 21.6 Å². The third-order valence-corrected chi connectivity index (χ3v) is 7.29. The highest BCUT2D eigenvalue weighted by Gasteiger charge is 2.49. The molecule has 1 aliphatic heterocycles. The van der Waals surface area contributed by atoms with E-state index in [1.54, 1.807) is 23.6 Å². The van der Waals surface area contributed by atoms with Gasteiger partial charge in [0.15, 0.2) is 16.9 Å². The molecule has 0 radical (unpaired) electrons. The summed E-state index contributed by atoms with van der Waals surface area (Å²) in [6.07, 6.45) is 1.68. The first-order valence-electron chi connectivity index (χ1n) is 12.2. The quantitative estimate of drug-likeness (QED) is 0.196. The molecule has 1 unspecified atom stereocenters. The molecule has 214 valence electrons. The fourth-order valence-electron chi connectivity index (χ4n) is 4.39. The van der Waals surface area contributed by atoms with Crippen LogP contribution in [0.4, 0.5) is 13.2 Å². The highest BCUT2D eigenvalue weighted by atomic mass is 32.2. The van der Waals surface area contributed by atoms with Gasteiger partial charge < -0.3 is 23.0 Å². The topological polar surface area (TPSA) is 110 Å². The molecule has 4 rings (SSSR count). The van der Waals surface area contributed by atoms with E-state index in [4.69, 9.17) is 14.2 Å². The van der Waals surface area contributed by atoms with Crippen LogP contribution in [0.1, 0.15) is 42.7 Å². The molecular weight excluding hydrogens is 555 g/mol. The highest BCUT2D eigenvalue weighted by molar-refractivity contribution is 7.88. The maximum absolute atomic E-state index is 13.3. The largest absolute Gasteiger partial charge is 0.534 e. The molecule has 2 aromatic carbocycles. The minimum Gasteiger partial charge on any atom is -0.497 e. The maximum Gasteiger partial charge on any atom is 0.534 e. The smallest absolute Gasteiger partial charge is 0.497 e. The summed E-state index contributed by atoms with van der Waals surface area (Å²) in [4.78, 5) is 25.3. The average molecular weight is 582 g/mol. The number of benzene rings is 2. The first kappa shape index (κ1) is 29.0. The number of pyridine rings is 1. The third-order valence-electron chi connectivity index (χ3n) is 6.33. The molecule has 13 heteroatoms. The molecule has 3 aromatic rings. The number of alkyl halides is 3. The predicted molar refractivity (Wildman–Crippen MR) is 138 cm³/mol. The van der Waals surface area contributed by atoms with Crippen LogP contribution in [0.25, 0.3) is 11.3 Å². The molecule has 0 fully saturated rings. The summed E-state index contributed by atoms with van der Waals surface area (Å²) < 4.78 is 85.9. The molecule has 0 aliphatic carbocycles. The van der Waals surface area contributed by atoms with Crippen molar-refractivity contribution in [3.63, 3.8) is 0 Å². The zero-order valence-electron chi connectivity index (χ0n) is 21.9. The summed E-state index contributed by atoms with van der Waals surface area (Å²) in [5.74, 6) is -1.30. The number of aromatic nitrogens is 1. The Balaban J connectivity index is 1.93. The normalized spacial score (nSPS) is 14.8. The first-order valence-corrected chi connectivity index (χ1v) is 13.6. The molecule has 1 aliphatic rings. The van der Waals surface area contributed by atoms with E-state index in [2.05, 4.69) is 4.18 Å². The lowest BCUT2D eigenvalue weighted by atomic mass is 9.87. The number of carbonyl (C=O) groups excluding carboxylic acids is 1. The first-order chi connectivity index (χ1) is 18.8. The lowest BCUT2D eigenvalue weighted by molar-refractivity contribution is -0.0500. The number of methoxy groups -OCH3 is 1. The Morgan fingerprint density at radius 2 is 1.80 bits per heavy atom. The van der Waals surface area contributed by atoms with Gasteiger partial charge in [-0.05, 0) is 49.1 Å². The maximum atomic E-state index is 13.3. The summed E-state index contributed by atoms with van der Waals surface area (Å²) in [5.41, 5.74) is -5.50. The number of hydrogen-bond acceptors (Lipinski definition) is 8. The molecule has 0 saturated carbocycles. The van der Waals surface area contributed by atoms with Gasteiger partial charge in [0, 0.05) is 29.9 Å². The van der Waals surface area contributed by atoms with Crippen LogP contribution in [0.2, 0.25) is 0 Å². The van der Waals surface area contributed by atoms with Crippen LogP contribution < -0.4 is 19.1 Å². The van der Waals surface area contributed by atoms with E-state index in [9.17, 15) is 31.2 Å². The Hall–Kier alpha value is -4.00. The molecular formula is C27H26F3NO8S. The zero-order chi connectivity index (χ0) is 29.4. The van der Waals surface area contributed by atoms with Gasteiger partial charge in [-0.25, -0.2) is 4.79 Å². The predicted octanol–water partition coefficient (Wildman–Crippen LogP) is 5.47. The Morgan fingerprint density at radius 3 is 2.42 bits per heavy atom. The van der Waals surface area contributed by atoms with Gasteiger partial charge in [0.2, 0.25) is 0 Å². The van der Waals surface area contributed by atoms with Gasteiger partial charge >= 0.3 is 21.6 Å². The second-order valence-corrected chi connectivity index (χ2v) is 10.8. The summed E-state index contributed by atoms with van der Waals surface area (Å²) in [6.45, 7) is 5.52. The van der Waals surface area contributed by atoms with Crippen molar-refractivity contribution in [2.24, 2.45) is 5.92 Å². The Labute approximate surface area is 228 Å². The molecule has 0 amide bonds. The summed E-state index contributed by atoms with van der Waals surface area (Å²) in [5, 5.41) is 0. The van der Waals surface area contributed by atoms with Gasteiger partial charge in [0.25, 0.3) is 0 Å². The van der Waals surface area contributed by atoms with Crippen molar-refractivity contribution in [2.45, 2.75) is 38.7 Å². The third kappa shape index (κ3) is 5.64. The average Bonchev–Trinajstić information content (AvgIpc) is 2.87. The minimum atomic E-state index is -6.07. The SMILES string of the molecule is CCOC(=O)c1cn2c(cc1=O)-c1cc(OS(=O)(=O)C(F)(F)F)c(Oc3cccc(OC)c3)cc1CC2C(C)C. The van der Waals surface area contributed by atoms with Crippen molar-refractivity contribution in [1.29, 1.82) is 0 Å². The molecule has 0 bridgehead atoms. The number of halogens is 3. The summed E-state index contributed by atoms with van der Waals surface area (Å²) in [7, 11) is -4.66. The Kier molecular flexibility index (Phi) is 7.88. The highest BCUT2D eigenvalue weighted by Crippen LogP contribution is 2.45. The number of nitrogens with zero attached hydrogens (tertiary/aromatic N) is 1. The number of carbonyl (C=O) groups is 1. The van der Waals surface area contributed by atoms with Crippen molar-refractivity contribution in [2.75, 3.05) is 13.7 Å². The number of esters is 1. The van der Waals surface area contributed by atoms with E-state index >= 15 is 0 Å². The Morgan fingerprint density at radius 1 is 1.10 bits per heavy atom. The van der Waals surface area contributed by atoms with Gasteiger partial charge in [-0.15, -0.1) is 0 Å². The van der Waals surface area contributed by atoms with Gasteiger partial charge in [-0.3, -0.25) is 4.79 Å². The van der Waals surface area contributed by atoms with Gasteiger partial charge in [0.1, 0.15) is 17.1 Å². The van der Waals surface area contributed by atoms with Gasteiger partial charge in [-0.1, -0.05) is 19.9 Å². The number of ether oxygens (including phenoxy) is 3. The van der Waals surface area contributed by atoms with E-state index in [0.29, 0.717) is 17.7 Å². The van der Waals surface area contributed by atoms with Crippen LogP contribution >= 0.6 is 0 Å². The molecule has 1 atom stereocenters. The summed E-state index contributed by atoms with van der Waals surface area (Å²) >= 11 is 0. The second-order valence-electron chi connectivity index (χ2n) is 9.30. The van der Waals surface area contributed by atoms with E-state index in [-0.39, 0.29) is 46.9 Å². The van der Waals surface area contributed by atoms with Crippen molar-refractivity contribution in [1.82, 2.24) is 4.57 Å². The molecule has 0 saturated heterocycles. The molecule has 40 heavy (non-hydrogen) atoms. The lowest BCUT2D eigenvalue weighted by Crippen LogP contribution is -2.29. The fourth-order valence-corrected chi connectivity index (χ4v) is 4.86. The van der Waals surface area contributed by atoms with Crippen molar-refractivity contribution < 1.29 is 44.8 Å². The molecule has 0 spiro atoms. The Bertz CT molecular complexity index is 1610. The van der Waals surface area contributed by atoms with Crippen LogP contribution in [0.15, 0.2) is 53.5 Å². The van der Waals surface area contributed by atoms with Crippen molar-refractivity contribution >= 4 is 16.1 Å². The van der Waals surface area contributed by atoms with Gasteiger partial charge in [0.05, 0.1) is 19.4 Å². The van der Waals surface area contributed by atoms with Crippen LogP contribution in [0.3, 0.4) is 0 Å². The van der Waals surface area contributed by atoms with E-state index < -0.39 is 32.8 Å². The van der Waals surface area contributed by atoms with Crippen molar-refractivity contribution in [3.8, 4) is 34.3 Å². The van der Waals surface area contributed by atoms with E-state index in [1.807, 2.05) is 13.8 Å². The molecule has 2 heterocycles. The van der Waals surface area contributed by atoms with Crippen molar-refractivity contribution in [3.05, 3.63) is 70.0 Å². The molecule has 1 aromatic heterocycles. The second kappa shape index (κ2) is 10.9. The van der Waals surface area contributed by atoms with Crippen LogP contribution in [0.5, 0.6) is 23.0 Å². The molecule has 0 N–H and O–H groups in total. The lowest BCUT2D eigenvalue weighted by Gasteiger charge is -2.34. The number of hydrogen-bond donors (Lipinski definition) is 0. The minimum absolute atomic E-state index is 0.00580. The van der Waals surface area contributed by atoms with Crippen LogP contribution in [0, 0.1) is 5.92 Å². The summed E-state index contributed by atoms with van der Waals surface area (Å²) in [6, 6.07) is 9.54. The zero-order valence-corrected chi connectivity index (χ0v) is 22.8. The standard InChI is InChI=1S/C27H26F3NO8S/c1-5-37-26(33)20-14-31-21(15(2)3)9-16-10-24(38-18-8-6-7-17(11-18)36-4)25(39-40(34,35)27(28,29)30)12-19(16)22(31)13-23(20)32/h6-8,10-15,21H,5,9H2,1-4H3. The molecule has 9 nitrogen and oxygen atoms in total. The van der Waals surface area contributed by atoms with Crippen LogP contribution in [-0.2, 0) is 21.3 Å². The monoisotopic (exact) mass is 581 g/mol. The van der Waals surface area contributed by atoms with Crippen LogP contribution in [-0.4, -0.2) is 38.2 Å². The van der Waals surface area contributed by atoms with E-state index in [0.717, 1.165) is 6.07 Å². The number of fused-ring (bicyclic) bond motifs is 3. The van der Waals surface area contributed by atoms with E-state index in [1.165, 1.54) is 37.6 Å². The fraction of sp³-hybridized carbons (Fsp3) is 0.333.